The van der Waals surface area contributed by atoms with Crippen molar-refractivity contribution in [2.75, 3.05) is 31.1 Å². The predicted molar refractivity (Wildman–Crippen MR) is 118 cm³/mol. The van der Waals surface area contributed by atoms with Gasteiger partial charge in [0.15, 0.2) is 0 Å². The number of aromatic nitrogens is 4. The summed E-state index contributed by atoms with van der Waals surface area (Å²) in [5, 5.41) is 24.9. The van der Waals surface area contributed by atoms with Crippen LogP contribution in [0.15, 0.2) is 36.5 Å². The molecule has 3 N–H and O–H groups in total. The SMILES string of the molecule is Cc1cccnc1N1CCN(C(=O)c2ccc3n[nH]nc3c2)CC1.O=C(O)C(F)(F)F.O=C(O)C(F)(F)F. The average molecular weight is 550 g/mol. The number of benzene rings is 1. The van der Waals surface area contributed by atoms with Crippen LogP contribution in [0.2, 0.25) is 0 Å². The lowest BCUT2D eigenvalue weighted by Crippen LogP contribution is -2.49. The summed E-state index contributed by atoms with van der Waals surface area (Å²) in [7, 11) is 0. The summed E-state index contributed by atoms with van der Waals surface area (Å²) in [6.07, 6.45) is -8.35. The molecular formula is C21H20F6N6O5. The molecule has 0 atom stereocenters. The number of carboxylic acid groups (broad SMARTS) is 2. The lowest BCUT2D eigenvalue weighted by atomic mass is 10.1. The van der Waals surface area contributed by atoms with Crippen molar-refractivity contribution in [3.8, 4) is 0 Å². The van der Waals surface area contributed by atoms with Gasteiger partial charge in [-0.3, -0.25) is 4.79 Å². The van der Waals surface area contributed by atoms with Crippen LogP contribution in [-0.4, -0.2) is 91.9 Å². The van der Waals surface area contributed by atoms with Crippen molar-refractivity contribution in [1.29, 1.82) is 0 Å². The summed E-state index contributed by atoms with van der Waals surface area (Å²) in [6, 6.07) is 9.42. The molecule has 1 aliphatic heterocycles. The largest absolute Gasteiger partial charge is 0.490 e. The lowest BCUT2D eigenvalue weighted by Gasteiger charge is -2.36. The summed E-state index contributed by atoms with van der Waals surface area (Å²) in [4.78, 5) is 39.1. The highest BCUT2D eigenvalue weighted by Gasteiger charge is 2.38. The number of alkyl halides is 6. The van der Waals surface area contributed by atoms with Gasteiger partial charge in [0, 0.05) is 37.9 Å². The van der Waals surface area contributed by atoms with Gasteiger partial charge in [-0.15, -0.1) is 0 Å². The molecule has 0 unspecified atom stereocenters. The minimum atomic E-state index is -5.08. The Morgan fingerprint density at radius 1 is 0.868 bits per heavy atom. The number of anilines is 1. The number of aryl methyl sites for hydroxylation is 1. The summed E-state index contributed by atoms with van der Waals surface area (Å²) < 4.78 is 63.5. The molecule has 1 amide bonds. The quantitative estimate of drug-likeness (QED) is 0.409. The maximum Gasteiger partial charge on any atom is 0.490 e. The summed E-state index contributed by atoms with van der Waals surface area (Å²) in [5.41, 5.74) is 3.29. The van der Waals surface area contributed by atoms with Crippen LogP contribution < -0.4 is 4.90 Å². The van der Waals surface area contributed by atoms with E-state index < -0.39 is 24.3 Å². The number of hydrogen-bond acceptors (Lipinski definition) is 7. The number of rotatable bonds is 2. The molecular weight excluding hydrogens is 530 g/mol. The number of carboxylic acids is 2. The van der Waals surface area contributed by atoms with Crippen molar-refractivity contribution < 1.29 is 50.9 Å². The number of aliphatic carboxylic acids is 2. The van der Waals surface area contributed by atoms with Gasteiger partial charge in [-0.25, -0.2) is 14.6 Å². The summed E-state index contributed by atoms with van der Waals surface area (Å²) in [6.45, 7) is 5.01. The first-order valence-electron chi connectivity index (χ1n) is 10.5. The van der Waals surface area contributed by atoms with Crippen molar-refractivity contribution in [1.82, 2.24) is 25.3 Å². The third kappa shape index (κ3) is 8.31. The van der Waals surface area contributed by atoms with E-state index in [1.807, 2.05) is 29.3 Å². The molecule has 1 aromatic carbocycles. The zero-order valence-electron chi connectivity index (χ0n) is 19.4. The Bertz CT molecular complexity index is 1250. The Balaban J connectivity index is 0.000000301. The number of fused-ring (bicyclic) bond motifs is 1. The number of amides is 1. The topological polar surface area (TPSA) is 153 Å². The number of aromatic amines is 1. The highest BCUT2D eigenvalue weighted by Crippen LogP contribution is 2.19. The number of carbonyl (C=O) groups excluding carboxylic acids is 1. The molecule has 1 fully saturated rings. The first-order valence-corrected chi connectivity index (χ1v) is 10.5. The van der Waals surface area contributed by atoms with Crippen LogP contribution >= 0.6 is 0 Å². The normalized spacial score (nSPS) is 13.7. The molecule has 4 rings (SSSR count). The number of piperazine rings is 1. The Labute approximate surface area is 209 Å². The first kappa shape index (κ1) is 29.8. The molecule has 0 radical (unpaired) electrons. The third-order valence-corrected chi connectivity index (χ3v) is 4.90. The van der Waals surface area contributed by atoms with Crippen LogP contribution in [0.1, 0.15) is 15.9 Å². The predicted octanol–water partition coefficient (Wildman–Crippen LogP) is 2.89. The number of nitrogens with zero attached hydrogens (tertiary/aromatic N) is 5. The number of H-pyrrole nitrogens is 1. The second kappa shape index (κ2) is 12.2. The van der Waals surface area contributed by atoms with Crippen molar-refractivity contribution >= 4 is 34.7 Å². The van der Waals surface area contributed by atoms with Crippen LogP contribution in [0, 0.1) is 6.92 Å². The van der Waals surface area contributed by atoms with Gasteiger partial charge in [0.05, 0.1) is 0 Å². The zero-order chi connectivity index (χ0) is 28.7. The van der Waals surface area contributed by atoms with E-state index in [1.165, 1.54) is 0 Å². The van der Waals surface area contributed by atoms with E-state index in [-0.39, 0.29) is 5.91 Å². The maximum atomic E-state index is 12.7. The third-order valence-electron chi connectivity index (χ3n) is 4.90. The molecule has 0 saturated carbocycles. The number of hydrogen-bond donors (Lipinski definition) is 3. The molecule has 206 valence electrons. The van der Waals surface area contributed by atoms with Crippen LogP contribution in [0.5, 0.6) is 0 Å². The van der Waals surface area contributed by atoms with E-state index in [1.54, 1.807) is 6.07 Å². The fourth-order valence-electron chi connectivity index (χ4n) is 3.09. The van der Waals surface area contributed by atoms with Crippen LogP contribution in [-0.2, 0) is 9.59 Å². The van der Waals surface area contributed by atoms with E-state index in [9.17, 15) is 31.1 Å². The lowest BCUT2D eigenvalue weighted by molar-refractivity contribution is -0.193. The number of carbonyl (C=O) groups is 3. The molecule has 1 aliphatic rings. The van der Waals surface area contributed by atoms with Crippen LogP contribution in [0.25, 0.3) is 11.0 Å². The molecule has 0 spiro atoms. The van der Waals surface area contributed by atoms with Crippen LogP contribution in [0.4, 0.5) is 32.2 Å². The number of halogens is 6. The van der Waals surface area contributed by atoms with E-state index in [0.717, 1.165) is 30.0 Å². The Hall–Kier alpha value is -4.44. The van der Waals surface area contributed by atoms with E-state index >= 15 is 0 Å². The van der Waals surface area contributed by atoms with E-state index in [4.69, 9.17) is 19.8 Å². The second-order valence-electron chi connectivity index (χ2n) is 7.56. The fourth-order valence-corrected chi connectivity index (χ4v) is 3.09. The van der Waals surface area contributed by atoms with Crippen molar-refractivity contribution in [3.63, 3.8) is 0 Å². The van der Waals surface area contributed by atoms with Crippen molar-refractivity contribution in [2.24, 2.45) is 0 Å². The maximum absolute atomic E-state index is 12.7. The van der Waals surface area contributed by atoms with Gasteiger partial charge in [-0.05, 0) is 36.8 Å². The molecule has 11 nitrogen and oxygen atoms in total. The van der Waals surface area contributed by atoms with Gasteiger partial charge >= 0.3 is 24.3 Å². The number of nitrogens with one attached hydrogen (secondary N) is 1. The van der Waals surface area contributed by atoms with Gasteiger partial charge < -0.3 is 20.0 Å². The van der Waals surface area contributed by atoms with Gasteiger partial charge in [0.2, 0.25) is 0 Å². The van der Waals surface area contributed by atoms with E-state index in [2.05, 4.69) is 38.3 Å². The average Bonchev–Trinajstić information content (AvgIpc) is 3.32. The van der Waals surface area contributed by atoms with Gasteiger partial charge in [-0.1, -0.05) is 6.07 Å². The van der Waals surface area contributed by atoms with Gasteiger partial charge in [0.25, 0.3) is 5.91 Å². The Morgan fingerprint density at radius 2 is 1.39 bits per heavy atom. The van der Waals surface area contributed by atoms with Crippen LogP contribution in [0.3, 0.4) is 0 Å². The minimum absolute atomic E-state index is 0.0392. The number of pyridine rings is 1. The monoisotopic (exact) mass is 550 g/mol. The molecule has 0 aliphatic carbocycles. The van der Waals surface area contributed by atoms with Gasteiger partial charge in [-0.2, -0.15) is 41.8 Å². The fraction of sp³-hybridized carbons (Fsp3) is 0.333. The van der Waals surface area contributed by atoms with Crippen molar-refractivity contribution in [2.45, 2.75) is 19.3 Å². The van der Waals surface area contributed by atoms with E-state index in [0.29, 0.717) is 24.2 Å². The minimum Gasteiger partial charge on any atom is -0.475 e. The Kier molecular flexibility index (Phi) is 9.56. The molecule has 0 bridgehead atoms. The summed E-state index contributed by atoms with van der Waals surface area (Å²) >= 11 is 0. The highest BCUT2D eigenvalue weighted by molar-refractivity contribution is 5.97. The molecule has 3 aromatic rings. The standard InChI is InChI=1S/C17H18N6O.2C2HF3O2/c1-12-3-2-6-18-16(12)22-7-9-23(10-8-22)17(24)13-4-5-14-15(11-13)20-21-19-14;2*3-2(4,5)1(6)7/h2-6,11H,7-10H2,1H3,(H,19,20,21);2*(H,6,7). The van der Waals surface area contributed by atoms with Gasteiger partial charge in [0.1, 0.15) is 16.9 Å². The van der Waals surface area contributed by atoms with Crippen molar-refractivity contribution in [3.05, 3.63) is 47.7 Å². The molecule has 38 heavy (non-hydrogen) atoms. The second-order valence-corrected chi connectivity index (χ2v) is 7.56. The molecule has 3 heterocycles. The molecule has 2 aromatic heterocycles. The zero-order valence-corrected chi connectivity index (χ0v) is 19.4. The molecule has 17 heteroatoms. The highest BCUT2D eigenvalue weighted by atomic mass is 19.4. The summed E-state index contributed by atoms with van der Waals surface area (Å²) in [5.74, 6) is -4.47. The Morgan fingerprint density at radius 3 is 1.89 bits per heavy atom. The molecule has 1 saturated heterocycles. The first-order chi connectivity index (χ1) is 17.6. The smallest absolute Gasteiger partial charge is 0.475 e.